The Morgan fingerprint density at radius 1 is 1.19 bits per heavy atom. The second-order valence-corrected chi connectivity index (χ2v) is 5.53. The van der Waals surface area contributed by atoms with Crippen molar-refractivity contribution in [3.05, 3.63) is 59.2 Å². The Balaban J connectivity index is 1.72. The predicted molar refractivity (Wildman–Crippen MR) is 86.3 cm³/mol. The molecule has 0 unspecified atom stereocenters. The Hall–Kier alpha value is -2.00. The van der Waals surface area contributed by atoms with Crippen LogP contribution in [0.2, 0.25) is 0 Å². The lowest BCUT2D eigenvalue weighted by molar-refractivity contribution is 0.245. The number of fused-ring (bicyclic) bond motifs is 1. The van der Waals surface area contributed by atoms with Crippen molar-refractivity contribution in [1.29, 1.82) is 0 Å². The number of hydrogen-bond acceptors (Lipinski definition) is 3. The summed E-state index contributed by atoms with van der Waals surface area (Å²) in [6.07, 6.45) is 1.07. The minimum Gasteiger partial charge on any atom is -0.494 e. The van der Waals surface area contributed by atoms with E-state index in [2.05, 4.69) is 35.2 Å². The average Bonchev–Trinajstić information content (AvgIpc) is 2.49. The van der Waals surface area contributed by atoms with E-state index in [9.17, 15) is 0 Å². The van der Waals surface area contributed by atoms with E-state index < -0.39 is 0 Å². The van der Waals surface area contributed by atoms with Gasteiger partial charge in [-0.3, -0.25) is 4.90 Å². The van der Waals surface area contributed by atoms with Gasteiger partial charge in [0.2, 0.25) is 0 Å². The molecule has 21 heavy (non-hydrogen) atoms. The van der Waals surface area contributed by atoms with E-state index in [1.807, 2.05) is 19.1 Å². The van der Waals surface area contributed by atoms with E-state index in [0.717, 1.165) is 37.5 Å². The molecular weight excluding hydrogens is 260 g/mol. The molecule has 0 bridgehead atoms. The van der Waals surface area contributed by atoms with Gasteiger partial charge >= 0.3 is 0 Å². The number of hydrogen-bond donors (Lipinski definition) is 1. The standard InChI is InChI=1S/C18H22N2O/c1-2-21-16-7-3-5-14(11-16)12-20-10-9-15-6-4-8-18(19)17(15)13-20/h3-8,11H,2,9-10,12-13,19H2,1H3. The van der Waals surface area contributed by atoms with Crippen LogP contribution >= 0.6 is 0 Å². The third-order valence-electron chi connectivity index (χ3n) is 4.00. The van der Waals surface area contributed by atoms with Gasteiger partial charge in [-0.2, -0.15) is 0 Å². The fourth-order valence-electron chi connectivity index (χ4n) is 2.96. The van der Waals surface area contributed by atoms with Crippen LogP contribution in [0.5, 0.6) is 5.75 Å². The van der Waals surface area contributed by atoms with Crippen molar-refractivity contribution >= 4 is 5.69 Å². The van der Waals surface area contributed by atoms with Gasteiger partial charge in [-0.05, 0) is 48.2 Å². The molecule has 1 aliphatic heterocycles. The number of nitrogen functional groups attached to an aromatic ring is 1. The van der Waals surface area contributed by atoms with Crippen molar-refractivity contribution in [2.75, 3.05) is 18.9 Å². The number of rotatable bonds is 4. The largest absolute Gasteiger partial charge is 0.494 e. The molecule has 1 aliphatic rings. The second kappa shape index (κ2) is 6.19. The lowest BCUT2D eigenvalue weighted by Gasteiger charge is -2.29. The molecule has 0 spiro atoms. The van der Waals surface area contributed by atoms with Gasteiger partial charge in [0.1, 0.15) is 5.75 Å². The van der Waals surface area contributed by atoms with E-state index in [1.165, 1.54) is 16.7 Å². The molecule has 110 valence electrons. The topological polar surface area (TPSA) is 38.5 Å². The Morgan fingerprint density at radius 3 is 2.90 bits per heavy atom. The summed E-state index contributed by atoms with van der Waals surface area (Å²) in [5, 5.41) is 0. The first-order valence-electron chi connectivity index (χ1n) is 7.56. The number of ether oxygens (including phenoxy) is 1. The van der Waals surface area contributed by atoms with Crippen LogP contribution in [0, 0.1) is 0 Å². The molecule has 0 fully saturated rings. The third kappa shape index (κ3) is 3.19. The molecule has 0 aliphatic carbocycles. The third-order valence-corrected chi connectivity index (χ3v) is 4.00. The van der Waals surface area contributed by atoms with Crippen molar-refractivity contribution in [2.24, 2.45) is 0 Å². The fraction of sp³-hybridized carbons (Fsp3) is 0.333. The first-order chi connectivity index (χ1) is 10.3. The van der Waals surface area contributed by atoms with Crippen LogP contribution in [0.25, 0.3) is 0 Å². The fourth-order valence-corrected chi connectivity index (χ4v) is 2.96. The van der Waals surface area contributed by atoms with Crippen molar-refractivity contribution in [2.45, 2.75) is 26.4 Å². The van der Waals surface area contributed by atoms with Gasteiger partial charge in [-0.1, -0.05) is 24.3 Å². The highest BCUT2D eigenvalue weighted by molar-refractivity contribution is 5.51. The van der Waals surface area contributed by atoms with Crippen LogP contribution in [0.3, 0.4) is 0 Å². The predicted octanol–water partition coefficient (Wildman–Crippen LogP) is 3.23. The monoisotopic (exact) mass is 282 g/mol. The molecule has 3 heteroatoms. The molecule has 2 aromatic rings. The zero-order valence-electron chi connectivity index (χ0n) is 12.5. The minimum atomic E-state index is 0.705. The van der Waals surface area contributed by atoms with Gasteiger partial charge in [-0.25, -0.2) is 0 Å². The van der Waals surface area contributed by atoms with Crippen molar-refractivity contribution < 1.29 is 4.74 Å². The molecule has 0 saturated carbocycles. The van der Waals surface area contributed by atoms with Crippen LogP contribution in [0.15, 0.2) is 42.5 Å². The Morgan fingerprint density at radius 2 is 2.05 bits per heavy atom. The lowest BCUT2D eigenvalue weighted by atomic mass is 9.98. The molecule has 0 aromatic heterocycles. The molecule has 0 atom stereocenters. The summed E-state index contributed by atoms with van der Waals surface area (Å²) in [6, 6.07) is 14.6. The molecule has 3 nitrogen and oxygen atoms in total. The van der Waals surface area contributed by atoms with Gasteiger partial charge in [-0.15, -0.1) is 0 Å². The SMILES string of the molecule is CCOc1cccc(CN2CCc3cccc(N)c3C2)c1. The quantitative estimate of drug-likeness (QED) is 0.875. The van der Waals surface area contributed by atoms with E-state index in [1.54, 1.807) is 0 Å². The second-order valence-electron chi connectivity index (χ2n) is 5.53. The zero-order valence-corrected chi connectivity index (χ0v) is 12.5. The van der Waals surface area contributed by atoms with E-state index in [-0.39, 0.29) is 0 Å². The highest BCUT2D eigenvalue weighted by atomic mass is 16.5. The molecule has 0 radical (unpaired) electrons. The smallest absolute Gasteiger partial charge is 0.119 e. The van der Waals surface area contributed by atoms with Gasteiger partial charge < -0.3 is 10.5 Å². The lowest BCUT2D eigenvalue weighted by Crippen LogP contribution is -2.30. The molecule has 3 rings (SSSR count). The van der Waals surface area contributed by atoms with Gasteiger partial charge in [0, 0.05) is 25.3 Å². The summed E-state index contributed by atoms with van der Waals surface area (Å²) in [6.45, 7) is 5.67. The summed E-state index contributed by atoms with van der Waals surface area (Å²) < 4.78 is 5.57. The van der Waals surface area contributed by atoms with Crippen molar-refractivity contribution in [3.63, 3.8) is 0 Å². The number of nitrogens with zero attached hydrogens (tertiary/aromatic N) is 1. The molecule has 2 aromatic carbocycles. The molecule has 1 heterocycles. The number of nitrogens with two attached hydrogens (primary N) is 1. The summed E-state index contributed by atoms with van der Waals surface area (Å²) >= 11 is 0. The molecule has 0 amide bonds. The Labute approximate surface area is 126 Å². The van der Waals surface area contributed by atoms with E-state index in [4.69, 9.17) is 10.5 Å². The van der Waals surface area contributed by atoms with E-state index >= 15 is 0 Å². The average molecular weight is 282 g/mol. The van der Waals surface area contributed by atoms with Crippen LogP contribution < -0.4 is 10.5 Å². The highest BCUT2D eigenvalue weighted by Crippen LogP contribution is 2.25. The van der Waals surface area contributed by atoms with Crippen LogP contribution in [-0.4, -0.2) is 18.1 Å². The van der Waals surface area contributed by atoms with Crippen molar-refractivity contribution in [3.8, 4) is 5.75 Å². The first kappa shape index (κ1) is 14.0. The highest BCUT2D eigenvalue weighted by Gasteiger charge is 2.18. The number of anilines is 1. The number of benzene rings is 2. The van der Waals surface area contributed by atoms with Crippen LogP contribution in [-0.2, 0) is 19.5 Å². The summed E-state index contributed by atoms with van der Waals surface area (Å²) in [7, 11) is 0. The maximum atomic E-state index is 6.11. The Bertz CT molecular complexity index is 624. The molecule has 0 saturated heterocycles. The summed E-state index contributed by atoms with van der Waals surface area (Å²) in [5.41, 5.74) is 11.0. The van der Waals surface area contributed by atoms with Gasteiger partial charge in [0.25, 0.3) is 0 Å². The summed E-state index contributed by atoms with van der Waals surface area (Å²) in [5.74, 6) is 0.951. The van der Waals surface area contributed by atoms with Crippen LogP contribution in [0.1, 0.15) is 23.6 Å². The van der Waals surface area contributed by atoms with E-state index in [0.29, 0.717) is 6.61 Å². The first-order valence-corrected chi connectivity index (χ1v) is 7.56. The molecule has 2 N–H and O–H groups in total. The maximum absolute atomic E-state index is 6.11. The summed E-state index contributed by atoms with van der Waals surface area (Å²) in [4.78, 5) is 2.45. The van der Waals surface area contributed by atoms with Gasteiger partial charge in [0.15, 0.2) is 0 Å². The molecular formula is C18H22N2O. The van der Waals surface area contributed by atoms with Crippen LogP contribution in [0.4, 0.5) is 5.69 Å². The minimum absolute atomic E-state index is 0.705. The van der Waals surface area contributed by atoms with Crippen molar-refractivity contribution in [1.82, 2.24) is 4.90 Å². The zero-order chi connectivity index (χ0) is 14.7. The Kier molecular flexibility index (Phi) is 4.11. The normalized spacial score (nSPS) is 14.7. The maximum Gasteiger partial charge on any atom is 0.119 e. The van der Waals surface area contributed by atoms with Gasteiger partial charge in [0.05, 0.1) is 6.61 Å².